The monoisotopic (exact) mass is 313 g/mol. The fourth-order valence-corrected chi connectivity index (χ4v) is 3.56. The van der Waals surface area contributed by atoms with Gasteiger partial charge in [0, 0.05) is 45.5 Å². The Morgan fingerprint density at radius 1 is 1.13 bits per heavy atom. The summed E-state index contributed by atoms with van der Waals surface area (Å²) in [6.07, 6.45) is 1.92. The van der Waals surface area contributed by atoms with E-state index in [1.54, 1.807) is 0 Å². The average molecular weight is 313 g/mol. The van der Waals surface area contributed by atoms with Crippen LogP contribution in [0, 0.1) is 6.92 Å². The molecule has 1 N–H and O–H groups in total. The van der Waals surface area contributed by atoms with Crippen molar-refractivity contribution in [3.63, 3.8) is 0 Å². The van der Waals surface area contributed by atoms with Gasteiger partial charge in [-0.2, -0.15) is 0 Å². The van der Waals surface area contributed by atoms with Crippen molar-refractivity contribution >= 4 is 5.69 Å². The lowest BCUT2D eigenvalue weighted by atomic mass is 10.1. The number of hydrogen-bond donors (Lipinski definition) is 1. The van der Waals surface area contributed by atoms with Crippen molar-refractivity contribution in [2.45, 2.75) is 13.0 Å². The van der Waals surface area contributed by atoms with Crippen LogP contribution in [0.15, 0.2) is 36.7 Å². The van der Waals surface area contributed by atoms with Gasteiger partial charge in [-0.3, -0.25) is 4.90 Å². The molecule has 1 aliphatic heterocycles. The van der Waals surface area contributed by atoms with Crippen LogP contribution in [0.5, 0.6) is 0 Å². The standard InChI is InChI=1S/C18H27N5/c1-15-18(21(3)14-20-15)17(13-19-2)23-11-9-22(10-12-23)16-7-5-4-6-8-16/h4-8,14,17,19H,9-13H2,1-3H3. The molecule has 1 atom stereocenters. The Balaban J connectivity index is 1.71. The summed E-state index contributed by atoms with van der Waals surface area (Å²) in [4.78, 5) is 9.53. The molecule has 2 aromatic rings. The Kier molecular flexibility index (Phi) is 4.98. The second kappa shape index (κ2) is 7.15. The lowest BCUT2D eigenvalue weighted by Gasteiger charge is -2.40. The highest BCUT2D eigenvalue weighted by molar-refractivity contribution is 5.46. The zero-order valence-corrected chi connectivity index (χ0v) is 14.4. The molecule has 1 aliphatic rings. The van der Waals surface area contributed by atoms with Crippen LogP contribution in [-0.2, 0) is 7.05 Å². The zero-order chi connectivity index (χ0) is 16.2. The third-order valence-corrected chi connectivity index (χ3v) is 4.76. The normalized spacial score (nSPS) is 17.4. The van der Waals surface area contributed by atoms with Crippen LogP contribution in [0.3, 0.4) is 0 Å². The van der Waals surface area contributed by atoms with E-state index >= 15 is 0 Å². The molecule has 23 heavy (non-hydrogen) atoms. The predicted octanol–water partition coefficient (Wildman–Crippen LogP) is 1.81. The van der Waals surface area contributed by atoms with Gasteiger partial charge in [0.1, 0.15) is 0 Å². The van der Waals surface area contributed by atoms with Gasteiger partial charge in [-0.25, -0.2) is 4.98 Å². The second-order valence-corrected chi connectivity index (χ2v) is 6.26. The number of piperazine rings is 1. The minimum atomic E-state index is 0.380. The van der Waals surface area contributed by atoms with Crippen molar-refractivity contribution in [1.82, 2.24) is 19.8 Å². The summed E-state index contributed by atoms with van der Waals surface area (Å²) in [6, 6.07) is 11.1. The van der Waals surface area contributed by atoms with E-state index in [-0.39, 0.29) is 0 Å². The molecule has 1 unspecified atom stereocenters. The van der Waals surface area contributed by atoms with Crippen molar-refractivity contribution in [2.75, 3.05) is 44.7 Å². The number of benzene rings is 1. The molecule has 0 radical (unpaired) electrons. The second-order valence-electron chi connectivity index (χ2n) is 6.26. The number of aryl methyl sites for hydroxylation is 2. The number of imidazole rings is 1. The van der Waals surface area contributed by atoms with Gasteiger partial charge >= 0.3 is 0 Å². The molecule has 124 valence electrons. The number of nitrogens with one attached hydrogen (secondary N) is 1. The first-order chi connectivity index (χ1) is 11.2. The first-order valence-electron chi connectivity index (χ1n) is 8.37. The van der Waals surface area contributed by atoms with Gasteiger partial charge < -0.3 is 14.8 Å². The molecule has 0 aliphatic carbocycles. The first-order valence-corrected chi connectivity index (χ1v) is 8.37. The molecule has 0 bridgehead atoms. The summed E-state index contributed by atoms with van der Waals surface area (Å²) >= 11 is 0. The van der Waals surface area contributed by atoms with Crippen LogP contribution < -0.4 is 10.2 Å². The minimum Gasteiger partial charge on any atom is -0.369 e. The molecule has 3 rings (SSSR count). The summed E-state index contributed by atoms with van der Waals surface area (Å²) < 4.78 is 2.17. The highest BCUT2D eigenvalue weighted by Crippen LogP contribution is 2.25. The number of para-hydroxylation sites is 1. The topological polar surface area (TPSA) is 36.3 Å². The summed E-state index contributed by atoms with van der Waals surface area (Å²) in [5.41, 5.74) is 3.79. The van der Waals surface area contributed by atoms with Crippen molar-refractivity contribution in [3.05, 3.63) is 48.0 Å². The average Bonchev–Trinajstić information content (AvgIpc) is 2.92. The molecule has 1 aromatic carbocycles. The zero-order valence-electron chi connectivity index (χ0n) is 14.4. The molecule has 0 saturated carbocycles. The van der Waals surface area contributed by atoms with Crippen LogP contribution in [0.25, 0.3) is 0 Å². The van der Waals surface area contributed by atoms with Gasteiger partial charge in [-0.15, -0.1) is 0 Å². The quantitative estimate of drug-likeness (QED) is 0.913. The highest BCUT2D eigenvalue weighted by atomic mass is 15.3. The van der Waals surface area contributed by atoms with E-state index in [2.05, 4.69) is 69.0 Å². The molecule has 0 amide bonds. The fraction of sp³-hybridized carbons (Fsp3) is 0.500. The van der Waals surface area contributed by atoms with Gasteiger partial charge in [0.05, 0.1) is 23.8 Å². The van der Waals surface area contributed by atoms with Crippen molar-refractivity contribution in [2.24, 2.45) is 7.05 Å². The molecule has 5 heteroatoms. The minimum absolute atomic E-state index is 0.380. The van der Waals surface area contributed by atoms with Gasteiger partial charge in [0.25, 0.3) is 0 Å². The smallest absolute Gasteiger partial charge is 0.0949 e. The van der Waals surface area contributed by atoms with E-state index in [4.69, 9.17) is 0 Å². The maximum atomic E-state index is 4.47. The first kappa shape index (κ1) is 16.0. The highest BCUT2D eigenvalue weighted by Gasteiger charge is 2.27. The van der Waals surface area contributed by atoms with Crippen molar-refractivity contribution in [3.8, 4) is 0 Å². The maximum absolute atomic E-state index is 4.47. The van der Waals surface area contributed by atoms with Crippen LogP contribution in [0.2, 0.25) is 0 Å². The van der Waals surface area contributed by atoms with Gasteiger partial charge in [-0.1, -0.05) is 18.2 Å². The molecule has 2 heterocycles. The van der Waals surface area contributed by atoms with Crippen molar-refractivity contribution < 1.29 is 0 Å². The summed E-state index contributed by atoms with van der Waals surface area (Å²) in [6.45, 7) is 7.35. The van der Waals surface area contributed by atoms with Gasteiger partial charge in [-0.05, 0) is 26.1 Å². The van der Waals surface area contributed by atoms with Crippen molar-refractivity contribution in [1.29, 1.82) is 0 Å². The lowest BCUT2D eigenvalue weighted by molar-refractivity contribution is 0.177. The Morgan fingerprint density at radius 2 is 1.83 bits per heavy atom. The fourth-order valence-electron chi connectivity index (χ4n) is 3.56. The Hall–Kier alpha value is -1.85. The predicted molar refractivity (Wildman–Crippen MR) is 94.8 cm³/mol. The molecule has 1 fully saturated rings. The third-order valence-electron chi connectivity index (χ3n) is 4.76. The Morgan fingerprint density at radius 3 is 2.39 bits per heavy atom. The Labute approximate surface area is 138 Å². The largest absolute Gasteiger partial charge is 0.369 e. The van der Waals surface area contributed by atoms with Crippen LogP contribution >= 0.6 is 0 Å². The molecular formula is C18H27N5. The molecule has 1 aromatic heterocycles. The van der Waals surface area contributed by atoms with Gasteiger partial charge in [0.15, 0.2) is 0 Å². The van der Waals surface area contributed by atoms with E-state index in [1.807, 2.05) is 13.4 Å². The van der Waals surface area contributed by atoms with Crippen LogP contribution in [0.1, 0.15) is 17.4 Å². The number of likely N-dealkylation sites (N-methyl/N-ethyl adjacent to an activating group) is 1. The molecule has 0 spiro atoms. The summed E-state index contributed by atoms with van der Waals surface area (Å²) in [7, 11) is 4.12. The summed E-state index contributed by atoms with van der Waals surface area (Å²) in [5.74, 6) is 0. The molecule has 1 saturated heterocycles. The number of hydrogen-bond acceptors (Lipinski definition) is 4. The Bertz CT molecular complexity index is 594. The van der Waals surface area contributed by atoms with E-state index in [0.717, 1.165) is 38.4 Å². The van der Waals surface area contributed by atoms with Crippen LogP contribution in [-0.4, -0.2) is 54.2 Å². The molecule has 5 nitrogen and oxygen atoms in total. The number of nitrogens with zero attached hydrogens (tertiary/aromatic N) is 4. The number of aromatic nitrogens is 2. The van der Waals surface area contributed by atoms with E-state index in [1.165, 1.54) is 11.4 Å². The third kappa shape index (κ3) is 3.41. The SMILES string of the molecule is CNCC(c1c(C)ncn1C)N1CCN(c2ccccc2)CC1. The van der Waals surface area contributed by atoms with E-state index in [0.29, 0.717) is 6.04 Å². The molecular weight excluding hydrogens is 286 g/mol. The lowest BCUT2D eigenvalue weighted by Crippen LogP contribution is -2.49. The number of anilines is 1. The maximum Gasteiger partial charge on any atom is 0.0949 e. The van der Waals surface area contributed by atoms with E-state index in [9.17, 15) is 0 Å². The van der Waals surface area contributed by atoms with E-state index < -0.39 is 0 Å². The number of rotatable bonds is 5. The van der Waals surface area contributed by atoms with Crippen LogP contribution in [0.4, 0.5) is 5.69 Å². The summed E-state index contributed by atoms with van der Waals surface area (Å²) in [5, 5.41) is 3.35. The van der Waals surface area contributed by atoms with Gasteiger partial charge in [0.2, 0.25) is 0 Å².